The first kappa shape index (κ1) is 13.8. The number of halogens is 3. The number of ether oxygens (including phenoxy) is 1. The van der Waals surface area contributed by atoms with Gasteiger partial charge in [0, 0.05) is 12.5 Å². The molecule has 0 bridgehead atoms. The molecular weight excluding hydrogens is 265 g/mol. The molecule has 2 N–H and O–H groups in total. The van der Waals surface area contributed by atoms with Gasteiger partial charge in [0.25, 0.3) is 5.91 Å². The standard InChI is InChI=1S/C10H13F3N4O2/c11-10(12,13)5-19-4-3-14-9(18)8-15-7(16-17-8)6-1-2-6/h6H,1-5H2,(H,14,18)(H,15,16,17). The lowest BCUT2D eigenvalue weighted by Gasteiger charge is -2.07. The predicted molar refractivity (Wildman–Crippen MR) is 57.6 cm³/mol. The Balaban J connectivity index is 1.66. The van der Waals surface area contributed by atoms with Crippen molar-refractivity contribution in [2.75, 3.05) is 19.8 Å². The molecule has 1 aromatic rings. The van der Waals surface area contributed by atoms with Gasteiger partial charge in [0.1, 0.15) is 12.4 Å². The third-order valence-electron chi connectivity index (χ3n) is 2.47. The van der Waals surface area contributed by atoms with E-state index in [1.807, 2.05) is 0 Å². The summed E-state index contributed by atoms with van der Waals surface area (Å²) in [5.41, 5.74) is 0. The Morgan fingerprint density at radius 2 is 2.21 bits per heavy atom. The second kappa shape index (κ2) is 5.55. The van der Waals surface area contributed by atoms with Crippen LogP contribution < -0.4 is 5.32 Å². The second-order valence-electron chi connectivity index (χ2n) is 4.24. The fourth-order valence-corrected chi connectivity index (χ4v) is 1.42. The number of H-pyrrole nitrogens is 1. The molecule has 0 spiro atoms. The number of nitrogens with one attached hydrogen (secondary N) is 2. The molecule has 1 aliphatic rings. The molecule has 1 amide bonds. The lowest BCUT2D eigenvalue weighted by Crippen LogP contribution is -2.29. The van der Waals surface area contributed by atoms with Crippen LogP contribution in [0.2, 0.25) is 0 Å². The van der Waals surface area contributed by atoms with Gasteiger partial charge in [0.15, 0.2) is 0 Å². The fraction of sp³-hybridized carbons (Fsp3) is 0.700. The lowest BCUT2D eigenvalue weighted by molar-refractivity contribution is -0.173. The van der Waals surface area contributed by atoms with Crippen molar-refractivity contribution in [3.63, 3.8) is 0 Å². The van der Waals surface area contributed by atoms with Crippen molar-refractivity contribution in [3.05, 3.63) is 11.6 Å². The van der Waals surface area contributed by atoms with Gasteiger partial charge in [-0.15, -0.1) is 5.10 Å². The van der Waals surface area contributed by atoms with Crippen LogP contribution in [0.1, 0.15) is 35.2 Å². The van der Waals surface area contributed by atoms with Crippen molar-refractivity contribution < 1.29 is 22.7 Å². The molecule has 19 heavy (non-hydrogen) atoms. The Hall–Kier alpha value is -1.64. The third kappa shape index (κ3) is 4.51. The molecule has 1 aromatic heterocycles. The smallest absolute Gasteiger partial charge is 0.370 e. The molecule has 1 heterocycles. The monoisotopic (exact) mass is 278 g/mol. The number of hydrogen-bond acceptors (Lipinski definition) is 4. The number of alkyl halides is 3. The SMILES string of the molecule is O=C(NCCOCC(F)(F)F)c1n[nH]c(C2CC2)n1. The third-order valence-corrected chi connectivity index (χ3v) is 2.47. The second-order valence-corrected chi connectivity index (χ2v) is 4.24. The average Bonchev–Trinajstić information content (AvgIpc) is 3.05. The maximum absolute atomic E-state index is 11.8. The minimum absolute atomic E-state index is 0.00211. The molecule has 1 aliphatic carbocycles. The Morgan fingerprint density at radius 1 is 1.47 bits per heavy atom. The van der Waals surface area contributed by atoms with E-state index in [9.17, 15) is 18.0 Å². The molecule has 0 atom stereocenters. The molecule has 0 unspecified atom stereocenters. The van der Waals surface area contributed by atoms with Gasteiger partial charge in [-0.2, -0.15) is 13.2 Å². The van der Waals surface area contributed by atoms with Gasteiger partial charge < -0.3 is 10.1 Å². The van der Waals surface area contributed by atoms with Crippen LogP contribution in [0.25, 0.3) is 0 Å². The van der Waals surface area contributed by atoms with E-state index < -0.39 is 18.7 Å². The van der Waals surface area contributed by atoms with E-state index in [1.54, 1.807) is 0 Å². The molecule has 0 aromatic carbocycles. The van der Waals surface area contributed by atoms with E-state index in [1.165, 1.54) is 0 Å². The van der Waals surface area contributed by atoms with E-state index in [0.29, 0.717) is 11.7 Å². The molecule has 0 aliphatic heterocycles. The van der Waals surface area contributed by atoms with Crippen molar-refractivity contribution in [1.29, 1.82) is 0 Å². The Kier molecular flexibility index (Phi) is 4.03. The van der Waals surface area contributed by atoms with E-state index in [0.717, 1.165) is 12.8 Å². The average molecular weight is 278 g/mol. The van der Waals surface area contributed by atoms with Crippen LogP contribution in [0.3, 0.4) is 0 Å². The molecule has 1 fully saturated rings. The zero-order valence-electron chi connectivity index (χ0n) is 9.96. The van der Waals surface area contributed by atoms with E-state index in [4.69, 9.17) is 0 Å². The van der Waals surface area contributed by atoms with E-state index in [2.05, 4.69) is 25.2 Å². The van der Waals surface area contributed by atoms with Gasteiger partial charge in [-0.05, 0) is 12.8 Å². The van der Waals surface area contributed by atoms with Crippen LogP contribution in [0.15, 0.2) is 0 Å². The first-order valence-corrected chi connectivity index (χ1v) is 5.81. The van der Waals surface area contributed by atoms with Gasteiger partial charge in [0.2, 0.25) is 5.82 Å². The minimum atomic E-state index is -4.35. The predicted octanol–water partition coefficient (Wildman–Crippen LogP) is 0.991. The zero-order chi connectivity index (χ0) is 13.9. The fourth-order valence-electron chi connectivity index (χ4n) is 1.42. The van der Waals surface area contributed by atoms with Crippen LogP contribution in [-0.2, 0) is 4.74 Å². The van der Waals surface area contributed by atoms with Crippen LogP contribution in [0, 0.1) is 0 Å². The summed E-state index contributed by atoms with van der Waals surface area (Å²) >= 11 is 0. The largest absolute Gasteiger partial charge is 0.411 e. The van der Waals surface area contributed by atoms with Gasteiger partial charge in [-0.3, -0.25) is 9.89 Å². The number of nitrogens with zero attached hydrogens (tertiary/aromatic N) is 2. The molecule has 0 saturated heterocycles. The molecule has 9 heteroatoms. The van der Waals surface area contributed by atoms with Gasteiger partial charge in [-0.1, -0.05) is 0 Å². The van der Waals surface area contributed by atoms with Crippen molar-refractivity contribution >= 4 is 5.91 Å². The zero-order valence-corrected chi connectivity index (χ0v) is 9.96. The molecular formula is C10H13F3N4O2. The summed E-state index contributed by atoms with van der Waals surface area (Å²) < 4.78 is 39.6. The first-order valence-electron chi connectivity index (χ1n) is 5.81. The number of rotatable bonds is 6. The number of hydrogen-bond donors (Lipinski definition) is 2. The molecule has 2 rings (SSSR count). The highest BCUT2D eigenvalue weighted by Gasteiger charge is 2.28. The van der Waals surface area contributed by atoms with Crippen molar-refractivity contribution in [3.8, 4) is 0 Å². The van der Waals surface area contributed by atoms with Crippen LogP contribution >= 0.6 is 0 Å². The highest BCUT2D eigenvalue weighted by Crippen LogP contribution is 2.37. The first-order chi connectivity index (χ1) is 8.96. The van der Waals surface area contributed by atoms with Crippen LogP contribution in [-0.4, -0.2) is 47.0 Å². The van der Waals surface area contributed by atoms with E-state index >= 15 is 0 Å². The Bertz CT molecular complexity index is 442. The number of aromatic nitrogens is 3. The van der Waals surface area contributed by atoms with Gasteiger partial charge >= 0.3 is 6.18 Å². The summed E-state index contributed by atoms with van der Waals surface area (Å²) in [6, 6.07) is 0. The van der Waals surface area contributed by atoms with Gasteiger partial charge in [-0.25, -0.2) is 4.98 Å². The highest BCUT2D eigenvalue weighted by atomic mass is 19.4. The summed E-state index contributed by atoms with van der Waals surface area (Å²) in [5, 5.41) is 8.80. The van der Waals surface area contributed by atoms with Gasteiger partial charge in [0.05, 0.1) is 6.61 Å². The maximum atomic E-state index is 11.8. The lowest BCUT2D eigenvalue weighted by atomic mass is 10.4. The summed E-state index contributed by atoms with van der Waals surface area (Å²) in [4.78, 5) is 15.5. The quantitative estimate of drug-likeness (QED) is 0.760. The van der Waals surface area contributed by atoms with Crippen molar-refractivity contribution in [2.45, 2.75) is 24.9 Å². The highest BCUT2D eigenvalue weighted by molar-refractivity contribution is 5.90. The number of carbonyl (C=O) groups is 1. The minimum Gasteiger partial charge on any atom is -0.370 e. The number of carbonyl (C=O) groups excluding carboxylic acids is 1. The number of aromatic amines is 1. The normalized spacial score (nSPS) is 15.5. The molecule has 6 nitrogen and oxygen atoms in total. The summed E-state index contributed by atoms with van der Waals surface area (Å²) in [6.07, 6.45) is -2.30. The molecule has 106 valence electrons. The summed E-state index contributed by atoms with van der Waals surface area (Å²) in [6.45, 7) is -1.57. The Labute approximate surface area is 106 Å². The molecule has 1 saturated carbocycles. The maximum Gasteiger partial charge on any atom is 0.411 e. The summed E-state index contributed by atoms with van der Waals surface area (Å²) in [5.74, 6) is 0.499. The van der Waals surface area contributed by atoms with Crippen molar-refractivity contribution in [2.24, 2.45) is 0 Å². The van der Waals surface area contributed by atoms with Crippen LogP contribution in [0.5, 0.6) is 0 Å². The molecule has 0 radical (unpaired) electrons. The Morgan fingerprint density at radius 3 is 2.84 bits per heavy atom. The van der Waals surface area contributed by atoms with Crippen LogP contribution in [0.4, 0.5) is 13.2 Å². The topological polar surface area (TPSA) is 79.9 Å². The number of amides is 1. The van der Waals surface area contributed by atoms with Crippen molar-refractivity contribution in [1.82, 2.24) is 20.5 Å². The summed E-state index contributed by atoms with van der Waals surface area (Å²) in [7, 11) is 0. The van der Waals surface area contributed by atoms with E-state index in [-0.39, 0.29) is 19.0 Å².